The van der Waals surface area contributed by atoms with Crippen molar-refractivity contribution >= 4 is 34.9 Å². The van der Waals surface area contributed by atoms with Gasteiger partial charge >= 0.3 is 6.09 Å². The van der Waals surface area contributed by atoms with Gasteiger partial charge in [0.05, 0.1) is 18.1 Å². The third kappa shape index (κ3) is 4.45. The quantitative estimate of drug-likeness (QED) is 0.763. The first kappa shape index (κ1) is 18.5. The summed E-state index contributed by atoms with van der Waals surface area (Å²) in [5.74, 6) is 0.791. The van der Waals surface area contributed by atoms with Gasteiger partial charge in [-0.3, -0.25) is 0 Å². The fraction of sp³-hybridized carbons (Fsp3) is 0.263. The molecule has 1 fully saturated rings. The third-order valence-electron chi connectivity index (χ3n) is 4.28. The number of thiocarbonyl (C=S) groups is 1. The van der Waals surface area contributed by atoms with Gasteiger partial charge in [0.1, 0.15) is 12.4 Å². The van der Waals surface area contributed by atoms with Gasteiger partial charge in [-0.2, -0.15) is 0 Å². The van der Waals surface area contributed by atoms with Crippen LogP contribution in [0.4, 0.5) is 4.79 Å². The fourth-order valence-electron chi connectivity index (χ4n) is 2.85. The Labute approximate surface area is 162 Å². The number of ether oxygens (including phenoxy) is 2. The molecule has 0 bridgehead atoms. The van der Waals surface area contributed by atoms with Crippen molar-refractivity contribution in [2.75, 3.05) is 13.7 Å². The fourth-order valence-corrected chi connectivity index (χ4v) is 3.28. The number of carbonyl (C=O) groups is 1. The van der Waals surface area contributed by atoms with Crippen molar-refractivity contribution in [2.24, 2.45) is 0 Å². The Morgan fingerprint density at radius 3 is 2.58 bits per heavy atom. The summed E-state index contributed by atoms with van der Waals surface area (Å²) in [7, 11) is 1.61. The zero-order valence-electron chi connectivity index (χ0n) is 14.2. The van der Waals surface area contributed by atoms with E-state index in [-0.39, 0.29) is 18.6 Å². The maximum absolute atomic E-state index is 12.2. The van der Waals surface area contributed by atoms with Crippen LogP contribution in [0.2, 0.25) is 5.02 Å². The molecular formula is C19H19ClN2O3S. The number of alkyl carbamates (subject to hydrolysis) is 1. The number of amides is 1. The van der Waals surface area contributed by atoms with Gasteiger partial charge in [0.15, 0.2) is 0 Å². The van der Waals surface area contributed by atoms with Gasteiger partial charge < -0.3 is 20.1 Å². The van der Waals surface area contributed by atoms with E-state index in [0.717, 1.165) is 16.9 Å². The van der Waals surface area contributed by atoms with Crippen LogP contribution in [-0.2, 0) is 11.3 Å². The van der Waals surface area contributed by atoms with E-state index in [4.69, 9.17) is 33.3 Å². The van der Waals surface area contributed by atoms with Crippen molar-refractivity contribution in [1.82, 2.24) is 10.6 Å². The third-order valence-corrected chi connectivity index (χ3v) is 4.93. The molecule has 7 heteroatoms. The maximum Gasteiger partial charge on any atom is 0.408 e. The summed E-state index contributed by atoms with van der Waals surface area (Å²) in [6.07, 6.45) is -0.504. The van der Waals surface area contributed by atoms with Crippen molar-refractivity contribution < 1.29 is 14.3 Å². The number of hydrogen-bond donors (Lipinski definition) is 2. The molecule has 0 aliphatic carbocycles. The minimum Gasteiger partial charge on any atom is -0.497 e. The van der Waals surface area contributed by atoms with Crippen LogP contribution in [0.1, 0.15) is 17.0 Å². The molecule has 1 aliphatic heterocycles. The van der Waals surface area contributed by atoms with Gasteiger partial charge in [0.2, 0.25) is 0 Å². The smallest absolute Gasteiger partial charge is 0.408 e. The lowest BCUT2D eigenvalue weighted by molar-refractivity contribution is 0.137. The highest BCUT2D eigenvalue weighted by Gasteiger charge is 2.34. The summed E-state index contributed by atoms with van der Waals surface area (Å²) in [6.45, 7) is 0.832. The van der Waals surface area contributed by atoms with E-state index in [2.05, 4.69) is 10.6 Å². The van der Waals surface area contributed by atoms with Gasteiger partial charge in [-0.25, -0.2) is 4.79 Å². The van der Waals surface area contributed by atoms with E-state index in [1.54, 1.807) is 7.11 Å². The Hall–Kier alpha value is -2.31. The van der Waals surface area contributed by atoms with Crippen LogP contribution in [0.15, 0.2) is 48.5 Å². The molecule has 2 atom stereocenters. The molecule has 0 spiro atoms. The van der Waals surface area contributed by atoms with Crippen LogP contribution in [-0.4, -0.2) is 30.8 Å². The van der Waals surface area contributed by atoms with Crippen LogP contribution in [0, 0.1) is 0 Å². The molecule has 0 aromatic heterocycles. The Kier molecular flexibility index (Phi) is 5.96. The molecule has 0 radical (unpaired) electrons. The summed E-state index contributed by atoms with van der Waals surface area (Å²) in [5.41, 5.74) is 1.93. The molecule has 2 aromatic carbocycles. The summed E-state index contributed by atoms with van der Waals surface area (Å²) in [5, 5.41) is 6.67. The van der Waals surface area contributed by atoms with E-state index in [1.807, 2.05) is 48.5 Å². The van der Waals surface area contributed by atoms with Crippen LogP contribution >= 0.6 is 23.8 Å². The molecule has 3 rings (SSSR count). The van der Waals surface area contributed by atoms with Crippen molar-refractivity contribution in [2.45, 2.75) is 18.6 Å². The van der Waals surface area contributed by atoms with Crippen LogP contribution < -0.4 is 15.4 Å². The van der Waals surface area contributed by atoms with Crippen LogP contribution in [0.5, 0.6) is 5.75 Å². The van der Waals surface area contributed by atoms with Crippen LogP contribution in [0.3, 0.4) is 0 Å². The molecule has 1 aliphatic rings. The SMILES string of the molecule is COc1ccc(COC(=O)N[C@@H]2C(=S)NC[C@H]2c2ccc(Cl)cc2)cc1. The zero-order chi connectivity index (χ0) is 18.5. The molecule has 136 valence electrons. The molecule has 1 saturated heterocycles. The van der Waals surface area contributed by atoms with Crippen molar-refractivity contribution in [3.8, 4) is 5.75 Å². The summed E-state index contributed by atoms with van der Waals surface area (Å²) in [4.78, 5) is 12.8. The molecule has 1 amide bonds. The van der Waals surface area contributed by atoms with Crippen molar-refractivity contribution in [3.05, 3.63) is 64.7 Å². The van der Waals surface area contributed by atoms with Crippen molar-refractivity contribution in [1.29, 1.82) is 0 Å². The lowest BCUT2D eigenvalue weighted by Crippen LogP contribution is -2.42. The Bertz CT molecular complexity index is 780. The number of hydrogen-bond acceptors (Lipinski definition) is 4. The average molecular weight is 391 g/mol. The molecule has 26 heavy (non-hydrogen) atoms. The molecule has 5 nitrogen and oxygen atoms in total. The largest absolute Gasteiger partial charge is 0.497 e. The van der Waals surface area contributed by atoms with Gasteiger partial charge in [-0.05, 0) is 35.4 Å². The number of rotatable bonds is 5. The van der Waals surface area contributed by atoms with E-state index in [9.17, 15) is 4.79 Å². The van der Waals surface area contributed by atoms with E-state index < -0.39 is 6.09 Å². The minimum atomic E-state index is -0.504. The molecule has 0 saturated carbocycles. The molecule has 1 heterocycles. The van der Waals surface area contributed by atoms with E-state index in [1.165, 1.54) is 0 Å². The number of nitrogens with one attached hydrogen (secondary N) is 2. The lowest BCUT2D eigenvalue weighted by atomic mass is 9.94. The van der Waals surface area contributed by atoms with E-state index in [0.29, 0.717) is 16.6 Å². The molecular weight excluding hydrogens is 372 g/mol. The first-order chi connectivity index (χ1) is 12.6. The summed E-state index contributed by atoms with van der Waals surface area (Å²) >= 11 is 11.3. The number of methoxy groups -OCH3 is 1. The highest BCUT2D eigenvalue weighted by atomic mass is 35.5. The molecule has 2 aromatic rings. The summed E-state index contributed by atoms with van der Waals surface area (Å²) in [6, 6.07) is 14.6. The Morgan fingerprint density at radius 1 is 1.23 bits per heavy atom. The zero-order valence-corrected chi connectivity index (χ0v) is 15.8. The second kappa shape index (κ2) is 8.38. The number of benzene rings is 2. The maximum atomic E-state index is 12.2. The predicted molar refractivity (Wildman–Crippen MR) is 105 cm³/mol. The average Bonchev–Trinajstić information content (AvgIpc) is 3.01. The van der Waals surface area contributed by atoms with Crippen molar-refractivity contribution in [3.63, 3.8) is 0 Å². The summed E-state index contributed by atoms with van der Waals surface area (Å²) < 4.78 is 10.4. The van der Waals surface area contributed by atoms with Gasteiger partial charge in [-0.1, -0.05) is 48.1 Å². The number of carbonyl (C=O) groups excluding carboxylic acids is 1. The minimum absolute atomic E-state index is 0.0355. The highest BCUT2D eigenvalue weighted by Crippen LogP contribution is 2.25. The lowest BCUT2D eigenvalue weighted by Gasteiger charge is -2.20. The topological polar surface area (TPSA) is 59.6 Å². The second-order valence-corrected chi connectivity index (χ2v) is 6.83. The second-order valence-electron chi connectivity index (χ2n) is 5.95. The van der Waals surface area contributed by atoms with Gasteiger partial charge in [0, 0.05) is 17.5 Å². The first-order valence-corrected chi connectivity index (χ1v) is 8.95. The Balaban J connectivity index is 1.59. The number of halogens is 1. The Morgan fingerprint density at radius 2 is 1.92 bits per heavy atom. The molecule has 2 N–H and O–H groups in total. The first-order valence-electron chi connectivity index (χ1n) is 8.16. The van der Waals surface area contributed by atoms with E-state index >= 15 is 0 Å². The monoisotopic (exact) mass is 390 g/mol. The highest BCUT2D eigenvalue weighted by molar-refractivity contribution is 7.80. The molecule has 0 unspecified atom stereocenters. The van der Waals surface area contributed by atoms with Crippen LogP contribution in [0.25, 0.3) is 0 Å². The normalized spacial score (nSPS) is 18.9. The van der Waals surface area contributed by atoms with Gasteiger partial charge in [0.25, 0.3) is 0 Å². The standard InChI is InChI=1S/C19H19ClN2O3S/c1-24-15-8-2-12(3-9-15)11-25-19(23)22-17-16(10-21-18(17)26)13-4-6-14(20)7-5-13/h2-9,16-17H,10-11H2,1H3,(H,21,26)(H,22,23)/t16-,17-/m0/s1. The van der Waals surface area contributed by atoms with Gasteiger partial charge in [-0.15, -0.1) is 0 Å². The predicted octanol–water partition coefficient (Wildman–Crippen LogP) is 3.66.